The van der Waals surface area contributed by atoms with Crippen molar-refractivity contribution in [3.05, 3.63) is 60.8 Å². The van der Waals surface area contributed by atoms with Gasteiger partial charge in [-0.05, 0) is 57.8 Å². The van der Waals surface area contributed by atoms with Crippen LogP contribution in [0.1, 0.15) is 258 Å². The zero-order valence-electron chi connectivity index (χ0n) is 39.5. The van der Waals surface area contributed by atoms with Crippen LogP contribution in [-0.4, -0.2) is 37.0 Å². The summed E-state index contributed by atoms with van der Waals surface area (Å²) in [4.78, 5) is 12.3. The molecule has 0 heterocycles. The smallest absolute Gasteiger partial charge is 0.306 e. The Balaban J connectivity index is 3.42. The highest BCUT2D eigenvalue weighted by molar-refractivity contribution is 5.69. The Labute approximate surface area is 368 Å². The minimum absolute atomic E-state index is 0.176. The highest BCUT2D eigenvalue weighted by Gasteiger charge is 2.13. The molecule has 59 heavy (non-hydrogen) atoms. The van der Waals surface area contributed by atoms with Crippen LogP contribution in [0.3, 0.4) is 0 Å². The molecule has 4 nitrogen and oxygen atoms in total. The van der Waals surface area contributed by atoms with Gasteiger partial charge < -0.3 is 14.6 Å². The van der Waals surface area contributed by atoms with E-state index < -0.39 is 6.10 Å². The number of hydrogen-bond acceptors (Lipinski definition) is 4. The first kappa shape index (κ1) is 57.1. The molecule has 1 unspecified atom stereocenters. The molecule has 0 saturated heterocycles. The predicted molar refractivity (Wildman–Crippen MR) is 260 cm³/mol. The lowest BCUT2D eigenvalue weighted by atomic mass is 10.0. The molecule has 4 heteroatoms. The lowest BCUT2D eigenvalue weighted by molar-refractivity contribution is -0.154. The van der Waals surface area contributed by atoms with Crippen molar-refractivity contribution in [1.82, 2.24) is 0 Å². The van der Waals surface area contributed by atoms with Crippen molar-refractivity contribution in [3.8, 4) is 0 Å². The summed E-state index contributed by atoms with van der Waals surface area (Å²) < 4.78 is 11.2. The number of carbonyl (C=O) groups excluding carboxylic acids is 1. The van der Waals surface area contributed by atoms with Crippen LogP contribution in [-0.2, 0) is 14.3 Å². The van der Waals surface area contributed by atoms with Crippen LogP contribution in [0, 0.1) is 0 Å². The number of carbonyl (C=O) groups is 1. The van der Waals surface area contributed by atoms with Gasteiger partial charge in [-0.25, -0.2) is 0 Å². The van der Waals surface area contributed by atoms with Crippen molar-refractivity contribution in [2.75, 3.05) is 19.8 Å². The van der Waals surface area contributed by atoms with E-state index in [2.05, 4.69) is 74.6 Å². The fourth-order valence-electron chi connectivity index (χ4n) is 7.53. The SMILES string of the molecule is CC/C=C\C/C=C\C/C=C\C/C=C\C/C=C\CCCCCCCCCC(=O)OC(CO)COCCCCCCCCCCCCCCCCCCCCCCCCCC. The van der Waals surface area contributed by atoms with Crippen molar-refractivity contribution in [1.29, 1.82) is 0 Å². The number of esters is 1. The normalized spacial score (nSPS) is 12.8. The Morgan fingerprint density at radius 2 is 0.763 bits per heavy atom. The van der Waals surface area contributed by atoms with Crippen LogP contribution in [0.15, 0.2) is 60.8 Å². The van der Waals surface area contributed by atoms with Crippen molar-refractivity contribution < 1.29 is 19.4 Å². The maximum Gasteiger partial charge on any atom is 0.306 e. The van der Waals surface area contributed by atoms with Gasteiger partial charge in [-0.1, -0.05) is 254 Å². The zero-order valence-corrected chi connectivity index (χ0v) is 39.5. The first-order valence-electron chi connectivity index (χ1n) is 25.9. The summed E-state index contributed by atoms with van der Waals surface area (Å²) in [6.07, 6.45) is 70.3. The molecule has 1 atom stereocenters. The van der Waals surface area contributed by atoms with Gasteiger partial charge in [-0.3, -0.25) is 4.79 Å². The first-order chi connectivity index (χ1) is 29.2. The second-order valence-corrected chi connectivity index (χ2v) is 17.2. The van der Waals surface area contributed by atoms with Crippen LogP contribution in [0.4, 0.5) is 0 Å². The Hall–Kier alpha value is -1.91. The maximum atomic E-state index is 12.3. The van der Waals surface area contributed by atoms with Crippen LogP contribution in [0.2, 0.25) is 0 Å². The average Bonchev–Trinajstić information content (AvgIpc) is 3.24. The third-order valence-corrected chi connectivity index (χ3v) is 11.4. The fourth-order valence-corrected chi connectivity index (χ4v) is 7.53. The molecule has 0 spiro atoms. The fraction of sp³-hybridized carbons (Fsp3) is 0.800. The number of aliphatic hydroxyl groups excluding tert-OH is 1. The highest BCUT2D eigenvalue weighted by Crippen LogP contribution is 2.16. The molecule has 0 aromatic rings. The predicted octanol–water partition coefficient (Wildman–Crippen LogP) is 17.6. The van der Waals surface area contributed by atoms with Crippen molar-refractivity contribution in [2.24, 2.45) is 0 Å². The molecule has 0 aliphatic rings. The van der Waals surface area contributed by atoms with Gasteiger partial charge in [0.25, 0.3) is 0 Å². The molecule has 0 saturated carbocycles. The molecular weight excluding hydrogens is 725 g/mol. The molecule has 0 amide bonds. The Bertz CT molecular complexity index is 962. The van der Waals surface area contributed by atoms with Crippen LogP contribution in [0.25, 0.3) is 0 Å². The Morgan fingerprint density at radius 3 is 1.15 bits per heavy atom. The Morgan fingerprint density at radius 1 is 0.424 bits per heavy atom. The summed E-state index contributed by atoms with van der Waals surface area (Å²) in [5.41, 5.74) is 0. The molecule has 0 aromatic carbocycles. The summed E-state index contributed by atoms with van der Waals surface area (Å²) in [5, 5.41) is 9.65. The summed E-state index contributed by atoms with van der Waals surface area (Å²) in [6, 6.07) is 0. The van der Waals surface area contributed by atoms with Crippen LogP contribution < -0.4 is 0 Å². The molecule has 0 radical (unpaired) electrons. The van der Waals surface area contributed by atoms with E-state index in [-0.39, 0.29) is 12.6 Å². The van der Waals surface area contributed by atoms with E-state index >= 15 is 0 Å². The largest absolute Gasteiger partial charge is 0.457 e. The number of allylic oxidation sites excluding steroid dienone is 10. The van der Waals surface area contributed by atoms with Crippen LogP contribution >= 0.6 is 0 Å². The summed E-state index contributed by atoms with van der Waals surface area (Å²) in [7, 11) is 0. The van der Waals surface area contributed by atoms with Gasteiger partial charge in [-0.2, -0.15) is 0 Å². The lowest BCUT2D eigenvalue weighted by Gasteiger charge is -2.16. The molecule has 1 N–H and O–H groups in total. The van der Waals surface area contributed by atoms with Gasteiger partial charge in [-0.15, -0.1) is 0 Å². The van der Waals surface area contributed by atoms with Gasteiger partial charge in [0.15, 0.2) is 0 Å². The molecule has 0 bridgehead atoms. The van der Waals surface area contributed by atoms with Crippen molar-refractivity contribution >= 4 is 5.97 Å². The van der Waals surface area contributed by atoms with Crippen molar-refractivity contribution in [3.63, 3.8) is 0 Å². The van der Waals surface area contributed by atoms with Gasteiger partial charge in [0.2, 0.25) is 0 Å². The van der Waals surface area contributed by atoms with Crippen molar-refractivity contribution in [2.45, 2.75) is 264 Å². The summed E-state index contributed by atoms with van der Waals surface area (Å²) in [6.45, 7) is 5.26. The number of rotatable bonds is 48. The van der Waals surface area contributed by atoms with Gasteiger partial charge >= 0.3 is 5.97 Å². The quantitative estimate of drug-likeness (QED) is 0.0377. The standard InChI is InChI=1S/C55H100O4/c1-3-5-7-9-11-13-15-17-19-21-23-25-27-29-31-33-35-37-39-41-43-45-47-49-51-58-53-54(52-56)59-55(57)50-48-46-44-42-40-38-36-34-32-30-28-26-24-22-20-18-16-14-12-10-8-6-4-2/h6,8,12,14,18,20,24,26,30,32,54,56H,3-5,7,9-11,13,15-17,19,21-23,25,27-29,31,33-53H2,1-2H3/b8-6-,14-12-,20-18-,26-24-,32-30-. The minimum atomic E-state index is -0.542. The number of hydrogen-bond donors (Lipinski definition) is 1. The third kappa shape index (κ3) is 50.3. The minimum Gasteiger partial charge on any atom is -0.457 e. The monoisotopic (exact) mass is 825 g/mol. The van der Waals surface area contributed by atoms with E-state index in [1.54, 1.807) is 0 Å². The topological polar surface area (TPSA) is 55.8 Å². The lowest BCUT2D eigenvalue weighted by Crippen LogP contribution is -2.27. The molecular formula is C55H100O4. The van der Waals surface area contributed by atoms with E-state index in [1.165, 1.54) is 180 Å². The average molecular weight is 825 g/mol. The second-order valence-electron chi connectivity index (χ2n) is 17.2. The molecule has 0 aromatic heterocycles. The van der Waals surface area contributed by atoms with E-state index in [0.717, 1.165) is 57.8 Å². The van der Waals surface area contributed by atoms with E-state index in [0.29, 0.717) is 19.6 Å². The number of unbranched alkanes of at least 4 members (excludes halogenated alkanes) is 30. The van der Waals surface area contributed by atoms with E-state index in [4.69, 9.17) is 9.47 Å². The summed E-state index contributed by atoms with van der Waals surface area (Å²) >= 11 is 0. The Kier molecular flexibility index (Phi) is 50.5. The first-order valence-corrected chi connectivity index (χ1v) is 25.9. The molecule has 0 fully saturated rings. The second kappa shape index (κ2) is 52.2. The summed E-state index contributed by atoms with van der Waals surface area (Å²) in [5.74, 6) is -0.209. The van der Waals surface area contributed by atoms with Crippen LogP contribution in [0.5, 0.6) is 0 Å². The maximum absolute atomic E-state index is 12.3. The van der Waals surface area contributed by atoms with Gasteiger partial charge in [0.1, 0.15) is 6.10 Å². The van der Waals surface area contributed by atoms with Gasteiger partial charge in [0.05, 0.1) is 13.2 Å². The molecule has 0 aliphatic carbocycles. The number of aliphatic hydroxyl groups is 1. The van der Waals surface area contributed by atoms with E-state index in [9.17, 15) is 9.90 Å². The molecule has 0 aliphatic heterocycles. The van der Waals surface area contributed by atoms with E-state index in [1.807, 2.05) is 0 Å². The molecule has 344 valence electrons. The zero-order chi connectivity index (χ0) is 42.6. The third-order valence-electron chi connectivity index (χ3n) is 11.4. The number of ether oxygens (including phenoxy) is 2. The molecule has 0 rings (SSSR count). The van der Waals surface area contributed by atoms with Gasteiger partial charge in [0, 0.05) is 13.0 Å². The highest BCUT2D eigenvalue weighted by atomic mass is 16.6.